The van der Waals surface area contributed by atoms with Crippen LogP contribution in [0, 0.1) is 0 Å². The number of nitrogens with zero attached hydrogens (tertiary/aromatic N) is 3. The Hall–Kier alpha value is -0.580. The zero-order valence-corrected chi connectivity index (χ0v) is 12.8. The topological polar surface area (TPSA) is 19.0 Å². The van der Waals surface area contributed by atoms with E-state index in [1.807, 2.05) is 0 Å². The molecular weight excluding hydrogens is 238 g/mol. The second-order valence-corrected chi connectivity index (χ2v) is 6.60. The van der Waals surface area contributed by atoms with Crippen LogP contribution < -0.4 is 0 Å². The normalized spacial score (nSPS) is 23.9. The molecule has 4 nitrogen and oxygen atoms in total. The number of rotatable bonds is 3. The first-order valence-corrected chi connectivity index (χ1v) is 7.45. The molecule has 2 fully saturated rings. The summed E-state index contributed by atoms with van der Waals surface area (Å²) < 4.78 is 5.38. The standard InChI is InChI=1S/C15H29N3O/c1-14-13-18(15(2,3)4)8-7-17(14)6-5-16-9-11-19-12-10-16/h1,5-13H2,2-4H3. The van der Waals surface area contributed by atoms with E-state index in [1.165, 1.54) is 5.70 Å². The van der Waals surface area contributed by atoms with E-state index in [4.69, 9.17) is 4.74 Å². The average molecular weight is 267 g/mol. The molecule has 4 heteroatoms. The largest absolute Gasteiger partial charge is 0.379 e. The molecule has 2 rings (SSSR count). The van der Waals surface area contributed by atoms with E-state index in [0.29, 0.717) is 0 Å². The van der Waals surface area contributed by atoms with Crippen LogP contribution in [0.5, 0.6) is 0 Å². The minimum absolute atomic E-state index is 0.249. The van der Waals surface area contributed by atoms with Crippen LogP contribution in [-0.4, -0.2) is 79.3 Å². The van der Waals surface area contributed by atoms with Crippen molar-refractivity contribution in [1.82, 2.24) is 14.7 Å². The first kappa shape index (κ1) is 14.8. The smallest absolute Gasteiger partial charge is 0.0594 e. The second-order valence-electron chi connectivity index (χ2n) is 6.60. The molecule has 110 valence electrons. The zero-order valence-electron chi connectivity index (χ0n) is 12.8. The number of ether oxygens (including phenoxy) is 1. The summed E-state index contributed by atoms with van der Waals surface area (Å²) in [4.78, 5) is 7.46. The van der Waals surface area contributed by atoms with Crippen molar-refractivity contribution >= 4 is 0 Å². The van der Waals surface area contributed by atoms with E-state index < -0.39 is 0 Å². The average Bonchev–Trinajstić information content (AvgIpc) is 2.37. The van der Waals surface area contributed by atoms with E-state index in [-0.39, 0.29) is 5.54 Å². The second kappa shape index (κ2) is 6.25. The van der Waals surface area contributed by atoms with Crippen molar-refractivity contribution in [2.75, 3.05) is 59.0 Å². The maximum Gasteiger partial charge on any atom is 0.0594 e. The Balaban J connectivity index is 1.75. The number of hydrogen-bond acceptors (Lipinski definition) is 4. The summed E-state index contributed by atoms with van der Waals surface area (Å²) in [5, 5.41) is 0. The molecule has 2 heterocycles. The molecule has 0 saturated carbocycles. The third kappa shape index (κ3) is 4.20. The van der Waals surface area contributed by atoms with Gasteiger partial charge >= 0.3 is 0 Å². The number of piperazine rings is 1. The molecule has 0 unspecified atom stereocenters. The van der Waals surface area contributed by atoms with Crippen LogP contribution in [0.2, 0.25) is 0 Å². The van der Waals surface area contributed by atoms with Crippen LogP contribution in [-0.2, 0) is 4.74 Å². The van der Waals surface area contributed by atoms with Crippen LogP contribution in [0.15, 0.2) is 12.3 Å². The van der Waals surface area contributed by atoms with Crippen LogP contribution in [0.25, 0.3) is 0 Å². The van der Waals surface area contributed by atoms with E-state index >= 15 is 0 Å². The molecule has 0 spiro atoms. The predicted molar refractivity (Wildman–Crippen MR) is 79.3 cm³/mol. The molecule has 2 saturated heterocycles. The molecule has 0 aromatic rings. The molecule has 2 aliphatic heterocycles. The molecule has 2 aliphatic rings. The Morgan fingerprint density at radius 3 is 2.32 bits per heavy atom. The number of hydrogen-bond donors (Lipinski definition) is 0. The van der Waals surface area contributed by atoms with Gasteiger partial charge in [-0.25, -0.2) is 0 Å². The van der Waals surface area contributed by atoms with Gasteiger partial charge in [0.1, 0.15) is 0 Å². The van der Waals surface area contributed by atoms with Gasteiger partial charge in [-0.05, 0) is 20.8 Å². The third-order valence-corrected chi connectivity index (χ3v) is 4.20. The molecule has 0 aromatic carbocycles. The fourth-order valence-corrected chi connectivity index (χ4v) is 2.73. The van der Waals surface area contributed by atoms with Gasteiger partial charge in [-0.3, -0.25) is 9.80 Å². The van der Waals surface area contributed by atoms with Crippen LogP contribution >= 0.6 is 0 Å². The monoisotopic (exact) mass is 267 g/mol. The third-order valence-electron chi connectivity index (χ3n) is 4.20. The van der Waals surface area contributed by atoms with Crippen molar-refractivity contribution in [3.63, 3.8) is 0 Å². The van der Waals surface area contributed by atoms with Gasteiger partial charge < -0.3 is 9.64 Å². The predicted octanol–water partition coefficient (Wildman–Crippen LogP) is 1.25. The Morgan fingerprint density at radius 2 is 1.74 bits per heavy atom. The van der Waals surface area contributed by atoms with Gasteiger partial charge in [-0.15, -0.1) is 0 Å². The highest BCUT2D eigenvalue weighted by Crippen LogP contribution is 2.20. The van der Waals surface area contributed by atoms with Crippen LogP contribution in [0.3, 0.4) is 0 Å². The molecule has 19 heavy (non-hydrogen) atoms. The van der Waals surface area contributed by atoms with E-state index in [9.17, 15) is 0 Å². The minimum atomic E-state index is 0.249. The molecular formula is C15H29N3O. The van der Waals surface area contributed by atoms with Gasteiger partial charge in [-0.2, -0.15) is 0 Å². The van der Waals surface area contributed by atoms with Gasteiger partial charge in [0.25, 0.3) is 0 Å². The highest BCUT2D eigenvalue weighted by Gasteiger charge is 2.27. The van der Waals surface area contributed by atoms with E-state index in [0.717, 1.165) is 59.0 Å². The lowest BCUT2D eigenvalue weighted by molar-refractivity contribution is 0.0305. The van der Waals surface area contributed by atoms with Gasteiger partial charge in [0, 0.05) is 57.0 Å². The molecule has 0 aliphatic carbocycles. The van der Waals surface area contributed by atoms with Crippen molar-refractivity contribution in [3.05, 3.63) is 12.3 Å². The molecule has 0 atom stereocenters. The van der Waals surface area contributed by atoms with Gasteiger partial charge in [0.15, 0.2) is 0 Å². The van der Waals surface area contributed by atoms with Crippen molar-refractivity contribution in [3.8, 4) is 0 Å². The minimum Gasteiger partial charge on any atom is -0.379 e. The Morgan fingerprint density at radius 1 is 1.05 bits per heavy atom. The summed E-state index contributed by atoms with van der Waals surface area (Å²) in [5.74, 6) is 0. The lowest BCUT2D eigenvalue weighted by atomic mass is 10.0. The fraction of sp³-hybridized carbons (Fsp3) is 0.867. The zero-order chi connectivity index (χ0) is 13.9. The number of morpholine rings is 1. The van der Waals surface area contributed by atoms with Gasteiger partial charge in [-0.1, -0.05) is 6.58 Å². The molecule has 0 N–H and O–H groups in total. The van der Waals surface area contributed by atoms with Crippen molar-refractivity contribution in [2.45, 2.75) is 26.3 Å². The van der Waals surface area contributed by atoms with Crippen LogP contribution in [0.1, 0.15) is 20.8 Å². The van der Waals surface area contributed by atoms with Gasteiger partial charge in [0.2, 0.25) is 0 Å². The van der Waals surface area contributed by atoms with Crippen LogP contribution in [0.4, 0.5) is 0 Å². The molecule has 0 amide bonds. The summed E-state index contributed by atoms with van der Waals surface area (Å²) in [7, 11) is 0. The lowest BCUT2D eigenvalue weighted by Crippen LogP contribution is -2.53. The fourth-order valence-electron chi connectivity index (χ4n) is 2.73. The lowest BCUT2D eigenvalue weighted by Gasteiger charge is -2.44. The summed E-state index contributed by atoms with van der Waals surface area (Å²) in [6.45, 7) is 20.5. The maximum atomic E-state index is 5.38. The maximum absolute atomic E-state index is 5.38. The SMILES string of the molecule is C=C1CN(C(C)(C)C)CCN1CCN1CCOCC1. The Bertz CT molecular complexity index is 305. The highest BCUT2D eigenvalue weighted by molar-refractivity contribution is 5.03. The Labute approximate surface area is 118 Å². The summed E-state index contributed by atoms with van der Waals surface area (Å²) in [6, 6.07) is 0. The van der Waals surface area contributed by atoms with Crippen molar-refractivity contribution < 1.29 is 4.74 Å². The van der Waals surface area contributed by atoms with Gasteiger partial charge in [0.05, 0.1) is 13.2 Å². The summed E-state index contributed by atoms with van der Waals surface area (Å²) in [5.41, 5.74) is 1.52. The van der Waals surface area contributed by atoms with E-state index in [2.05, 4.69) is 42.0 Å². The molecule has 0 radical (unpaired) electrons. The van der Waals surface area contributed by atoms with Crippen molar-refractivity contribution in [1.29, 1.82) is 0 Å². The summed E-state index contributed by atoms with van der Waals surface area (Å²) in [6.07, 6.45) is 0. The Kier molecular flexibility index (Phi) is 4.87. The van der Waals surface area contributed by atoms with Crippen molar-refractivity contribution in [2.24, 2.45) is 0 Å². The van der Waals surface area contributed by atoms with E-state index in [1.54, 1.807) is 0 Å². The molecule has 0 bridgehead atoms. The first-order chi connectivity index (χ1) is 8.97. The summed E-state index contributed by atoms with van der Waals surface area (Å²) >= 11 is 0. The highest BCUT2D eigenvalue weighted by atomic mass is 16.5. The first-order valence-electron chi connectivity index (χ1n) is 7.45. The quantitative estimate of drug-likeness (QED) is 0.766. The molecule has 0 aromatic heterocycles.